The smallest absolute Gasteiger partial charge is 0.314 e. The molecule has 6 nitrogen and oxygen atoms in total. The SMILES string of the molecule is COCCNC(=O)NCCCc1oc(C(C)(C)C)nc1C. The molecule has 1 aromatic rings. The van der Waals surface area contributed by atoms with Gasteiger partial charge in [0.15, 0.2) is 5.89 Å². The highest BCUT2D eigenvalue weighted by molar-refractivity contribution is 5.73. The van der Waals surface area contributed by atoms with E-state index in [4.69, 9.17) is 9.15 Å². The zero-order chi connectivity index (χ0) is 15.9. The van der Waals surface area contributed by atoms with Gasteiger partial charge in [-0.3, -0.25) is 0 Å². The first-order valence-corrected chi connectivity index (χ1v) is 7.32. The molecular formula is C15H27N3O3. The zero-order valence-electron chi connectivity index (χ0n) is 13.7. The minimum absolute atomic E-state index is 0.0809. The second-order valence-electron chi connectivity index (χ2n) is 6.06. The lowest BCUT2D eigenvalue weighted by Gasteiger charge is -2.12. The summed E-state index contributed by atoms with van der Waals surface area (Å²) in [5.41, 5.74) is 0.854. The number of urea groups is 1. The number of ether oxygens (including phenoxy) is 1. The summed E-state index contributed by atoms with van der Waals surface area (Å²) in [6.07, 6.45) is 1.59. The normalized spacial score (nSPS) is 11.5. The number of nitrogens with zero attached hydrogens (tertiary/aromatic N) is 1. The van der Waals surface area contributed by atoms with E-state index >= 15 is 0 Å². The molecule has 1 aromatic heterocycles. The van der Waals surface area contributed by atoms with Crippen molar-refractivity contribution in [3.63, 3.8) is 0 Å². The molecule has 2 N–H and O–H groups in total. The minimum Gasteiger partial charge on any atom is -0.445 e. The maximum absolute atomic E-state index is 11.4. The van der Waals surface area contributed by atoms with Crippen molar-refractivity contribution in [3.8, 4) is 0 Å². The van der Waals surface area contributed by atoms with Crippen molar-refractivity contribution in [1.82, 2.24) is 15.6 Å². The molecule has 0 saturated heterocycles. The lowest BCUT2D eigenvalue weighted by molar-refractivity contribution is 0.196. The van der Waals surface area contributed by atoms with E-state index in [9.17, 15) is 4.79 Å². The summed E-state index contributed by atoms with van der Waals surface area (Å²) in [7, 11) is 1.60. The van der Waals surface area contributed by atoms with Gasteiger partial charge >= 0.3 is 6.03 Å². The molecule has 0 aliphatic carbocycles. The number of methoxy groups -OCH3 is 1. The molecule has 0 aliphatic heterocycles. The fourth-order valence-electron chi connectivity index (χ4n) is 1.76. The first kappa shape index (κ1) is 17.5. The average Bonchev–Trinajstić information content (AvgIpc) is 2.76. The molecule has 120 valence electrons. The Hall–Kier alpha value is -1.56. The van der Waals surface area contributed by atoms with Crippen molar-refractivity contribution in [2.45, 2.75) is 46.0 Å². The second kappa shape index (κ2) is 8.02. The highest BCUT2D eigenvalue weighted by atomic mass is 16.5. The topological polar surface area (TPSA) is 76.4 Å². The first-order valence-electron chi connectivity index (χ1n) is 7.32. The molecule has 0 aliphatic rings. The van der Waals surface area contributed by atoms with Crippen LogP contribution in [-0.4, -0.2) is 37.8 Å². The molecule has 0 fully saturated rings. The summed E-state index contributed by atoms with van der Waals surface area (Å²) >= 11 is 0. The molecule has 6 heteroatoms. The molecule has 1 rings (SSSR count). The van der Waals surface area contributed by atoms with Gasteiger partial charge in [0.05, 0.1) is 12.3 Å². The Bertz CT molecular complexity index is 450. The Morgan fingerprint density at radius 3 is 2.52 bits per heavy atom. The average molecular weight is 297 g/mol. The van der Waals surface area contributed by atoms with Gasteiger partial charge in [0.2, 0.25) is 0 Å². The number of nitrogens with one attached hydrogen (secondary N) is 2. The number of hydrogen-bond donors (Lipinski definition) is 2. The Labute approximate surface area is 126 Å². The summed E-state index contributed by atoms with van der Waals surface area (Å²) < 4.78 is 10.7. The van der Waals surface area contributed by atoms with E-state index in [0.29, 0.717) is 19.7 Å². The lowest BCUT2D eigenvalue weighted by atomic mass is 9.97. The molecule has 0 bridgehead atoms. The Balaban J connectivity index is 2.30. The van der Waals surface area contributed by atoms with E-state index in [2.05, 4.69) is 36.4 Å². The van der Waals surface area contributed by atoms with Crippen molar-refractivity contribution in [2.24, 2.45) is 0 Å². The van der Waals surface area contributed by atoms with Crippen LogP contribution >= 0.6 is 0 Å². The molecule has 2 amide bonds. The summed E-state index contributed by atoms with van der Waals surface area (Å²) in [4.78, 5) is 15.9. The molecular weight excluding hydrogens is 270 g/mol. The van der Waals surface area contributed by atoms with Crippen molar-refractivity contribution >= 4 is 6.03 Å². The van der Waals surface area contributed by atoms with Gasteiger partial charge in [-0.25, -0.2) is 9.78 Å². The van der Waals surface area contributed by atoms with E-state index in [1.807, 2.05) is 6.92 Å². The number of aryl methyl sites for hydroxylation is 2. The monoisotopic (exact) mass is 297 g/mol. The van der Waals surface area contributed by atoms with Crippen LogP contribution in [-0.2, 0) is 16.6 Å². The van der Waals surface area contributed by atoms with Crippen LogP contribution in [0.25, 0.3) is 0 Å². The van der Waals surface area contributed by atoms with Crippen LogP contribution in [0, 0.1) is 6.92 Å². The van der Waals surface area contributed by atoms with Gasteiger partial charge in [0.1, 0.15) is 5.76 Å². The van der Waals surface area contributed by atoms with E-state index in [-0.39, 0.29) is 11.4 Å². The fourth-order valence-corrected chi connectivity index (χ4v) is 1.76. The van der Waals surface area contributed by atoms with E-state index < -0.39 is 0 Å². The summed E-state index contributed by atoms with van der Waals surface area (Å²) in [5.74, 6) is 1.67. The van der Waals surface area contributed by atoms with Gasteiger partial charge in [0.25, 0.3) is 0 Å². The van der Waals surface area contributed by atoms with Crippen molar-refractivity contribution in [2.75, 3.05) is 26.8 Å². The third kappa shape index (κ3) is 6.16. The van der Waals surface area contributed by atoms with Gasteiger partial charge in [0, 0.05) is 32.0 Å². The summed E-state index contributed by atoms with van der Waals surface area (Å²) in [6, 6.07) is -0.170. The zero-order valence-corrected chi connectivity index (χ0v) is 13.7. The van der Waals surface area contributed by atoms with Crippen LogP contribution in [0.15, 0.2) is 4.42 Å². The van der Waals surface area contributed by atoms with Gasteiger partial charge in [-0.2, -0.15) is 0 Å². The molecule has 21 heavy (non-hydrogen) atoms. The molecule has 0 unspecified atom stereocenters. The highest BCUT2D eigenvalue weighted by Gasteiger charge is 2.21. The van der Waals surface area contributed by atoms with Crippen LogP contribution in [0.2, 0.25) is 0 Å². The molecule has 0 aromatic carbocycles. The maximum atomic E-state index is 11.4. The second-order valence-corrected chi connectivity index (χ2v) is 6.06. The Morgan fingerprint density at radius 2 is 1.95 bits per heavy atom. The largest absolute Gasteiger partial charge is 0.445 e. The predicted molar refractivity (Wildman–Crippen MR) is 81.5 cm³/mol. The summed E-state index contributed by atoms with van der Waals surface area (Å²) in [6.45, 7) is 9.82. The number of carbonyl (C=O) groups excluding carboxylic acids is 1. The highest BCUT2D eigenvalue weighted by Crippen LogP contribution is 2.24. The number of oxazole rings is 1. The van der Waals surface area contributed by atoms with Crippen LogP contribution < -0.4 is 10.6 Å². The quantitative estimate of drug-likeness (QED) is 0.756. The number of hydrogen-bond acceptors (Lipinski definition) is 4. The third-order valence-corrected chi connectivity index (χ3v) is 2.99. The predicted octanol–water partition coefficient (Wildman–Crippen LogP) is 2.16. The van der Waals surface area contributed by atoms with Crippen molar-refractivity contribution in [1.29, 1.82) is 0 Å². The number of aromatic nitrogens is 1. The standard InChI is InChI=1S/C15H27N3O3/c1-11-12(21-13(18-11)15(2,3)4)7-6-8-16-14(19)17-9-10-20-5/h6-10H2,1-5H3,(H2,16,17,19). The molecule has 0 radical (unpaired) electrons. The molecule has 0 atom stereocenters. The molecule has 1 heterocycles. The van der Waals surface area contributed by atoms with Gasteiger partial charge < -0.3 is 19.8 Å². The van der Waals surface area contributed by atoms with Gasteiger partial charge in [-0.05, 0) is 13.3 Å². The molecule has 0 saturated carbocycles. The maximum Gasteiger partial charge on any atom is 0.314 e. The van der Waals surface area contributed by atoms with Crippen molar-refractivity contribution in [3.05, 3.63) is 17.3 Å². The number of carbonyl (C=O) groups is 1. The number of amides is 2. The van der Waals surface area contributed by atoms with Crippen LogP contribution in [0.5, 0.6) is 0 Å². The van der Waals surface area contributed by atoms with E-state index in [1.165, 1.54) is 0 Å². The lowest BCUT2D eigenvalue weighted by Crippen LogP contribution is -2.37. The molecule has 0 spiro atoms. The Kier molecular flexibility index (Phi) is 6.68. The number of rotatable bonds is 7. The van der Waals surface area contributed by atoms with E-state index in [1.54, 1.807) is 7.11 Å². The fraction of sp³-hybridized carbons (Fsp3) is 0.733. The van der Waals surface area contributed by atoms with Crippen LogP contribution in [0.1, 0.15) is 44.5 Å². The van der Waals surface area contributed by atoms with Gasteiger partial charge in [-0.1, -0.05) is 20.8 Å². The summed E-state index contributed by atoms with van der Waals surface area (Å²) in [5, 5.41) is 5.51. The van der Waals surface area contributed by atoms with E-state index in [0.717, 1.165) is 30.2 Å². The van der Waals surface area contributed by atoms with Crippen molar-refractivity contribution < 1.29 is 13.9 Å². The Morgan fingerprint density at radius 1 is 1.29 bits per heavy atom. The van der Waals surface area contributed by atoms with Crippen LogP contribution in [0.3, 0.4) is 0 Å². The minimum atomic E-state index is -0.170. The first-order chi connectivity index (χ1) is 9.84. The third-order valence-electron chi connectivity index (χ3n) is 2.99. The van der Waals surface area contributed by atoms with Crippen LogP contribution in [0.4, 0.5) is 4.79 Å². The van der Waals surface area contributed by atoms with Gasteiger partial charge in [-0.15, -0.1) is 0 Å².